The smallest absolute Gasteiger partial charge is 0.220 e. The lowest BCUT2D eigenvalue weighted by Gasteiger charge is -2.16. The minimum absolute atomic E-state index is 0.293. The van der Waals surface area contributed by atoms with Crippen molar-refractivity contribution in [1.82, 2.24) is 14.8 Å². The number of halogens is 2. The molecule has 10 heteroatoms. The van der Waals surface area contributed by atoms with Crippen molar-refractivity contribution in [1.29, 1.82) is 0 Å². The first-order valence-corrected chi connectivity index (χ1v) is 13.2. The fourth-order valence-corrected chi connectivity index (χ4v) is 5.30. The number of ether oxygens (including phenoxy) is 1. The van der Waals surface area contributed by atoms with Crippen molar-refractivity contribution in [3.8, 4) is 11.4 Å². The van der Waals surface area contributed by atoms with E-state index < -0.39 is 5.25 Å². The molecule has 36 heavy (non-hydrogen) atoms. The second-order valence-electron chi connectivity index (χ2n) is 8.36. The van der Waals surface area contributed by atoms with E-state index in [4.69, 9.17) is 16.3 Å². The predicted molar refractivity (Wildman–Crippen MR) is 146 cm³/mol. The third kappa shape index (κ3) is 6.27. The van der Waals surface area contributed by atoms with Crippen LogP contribution < -0.4 is 4.74 Å². The summed E-state index contributed by atoms with van der Waals surface area (Å²) in [4.78, 5) is 11.2. The van der Waals surface area contributed by atoms with Gasteiger partial charge in [-0.25, -0.2) is 0 Å². The van der Waals surface area contributed by atoms with Crippen molar-refractivity contribution in [3.63, 3.8) is 0 Å². The van der Waals surface area contributed by atoms with Crippen molar-refractivity contribution in [2.24, 2.45) is 0 Å². The third-order valence-electron chi connectivity index (χ3n) is 5.74. The van der Waals surface area contributed by atoms with Gasteiger partial charge in [0.25, 0.3) is 0 Å². The van der Waals surface area contributed by atoms with Gasteiger partial charge >= 0.3 is 0 Å². The van der Waals surface area contributed by atoms with Gasteiger partial charge in [-0.2, -0.15) is 0 Å². The quantitative estimate of drug-likeness (QED) is 0.116. The first-order valence-electron chi connectivity index (χ1n) is 11.2. The molecule has 1 atom stereocenters. The number of nitrogens with zero attached hydrogens (tertiary/aromatic N) is 4. The molecule has 0 aliphatic rings. The number of thioether (sulfide) groups is 1. The average Bonchev–Trinajstić information content (AvgIpc) is 3.20. The summed E-state index contributed by atoms with van der Waals surface area (Å²) in [5, 5.41) is 20.5. The summed E-state index contributed by atoms with van der Waals surface area (Å²) < 4.78 is 8.79. The Morgan fingerprint density at radius 2 is 1.81 bits per heavy atom. The molecule has 4 rings (SSSR count). The van der Waals surface area contributed by atoms with Crippen LogP contribution in [0.3, 0.4) is 0 Å². The Balaban J connectivity index is 1.58. The van der Waals surface area contributed by atoms with Gasteiger partial charge in [-0.3, -0.25) is 14.7 Å². The second kappa shape index (κ2) is 11.5. The van der Waals surface area contributed by atoms with E-state index in [2.05, 4.69) is 39.1 Å². The Morgan fingerprint density at radius 3 is 2.47 bits per heavy atom. The minimum atomic E-state index is -0.521. The molecule has 4 aromatic rings. The second-order valence-corrected chi connectivity index (χ2v) is 10.9. The highest BCUT2D eigenvalue weighted by molar-refractivity contribution is 9.10. The molecular formula is C26H24BrClN4O3S. The Labute approximate surface area is 227 Å². The maximum absolute atomic E-state index is 11.5. The zero-order valence-electron chi connectivity index (χ0n) is 19.9. The molecule has 0 bridgehead atoms. The van der Waals surface area contributed by atoms with Gasteiger partial charge in [0.15, 0.2) is 5.16 Å². The molecule has 0 amide bonds. The van der Waals surface area contributed by atoms with E-state index in [1.165, 1.54) is 17.3 Å². The van der Waals surface area contributed by atoms with E-state index in [1.807, 2.05) is 60.9 Å². The van der Waals surface area contributed by atoms with Crippen LogP contribution in [0.5, 0.6) is 5.75 Å². The van der Waals surface area contributed by atoms with Gasteiger partial charge in [-0.1, -0.05) is 63.6 Å². The Morgan fingerprint density at radius 1 is 1.06 bits per heavy atom. The van der Waals surface area contributed by atoms with E-state index in [0.717, 1.165) is 21.3 Å². The zero-order valence-corrected chi connectivity index (χ0v) is 23.1. The van der Waals surface area contributed by atoms with Crippen LogP contribution in [-0.2, 0) is 6.61 Å². The van der Waals surface area contributed by atoms with Gasteiger partial charge in [-0.05, 0) is 79.4 Å². The molecule has 1 aromatic heterocycles. The van der Waals surface area contributed by atoms with Crippen LogP contribution in [0.15, 0.2) is 70.3 Å². The van der Waals surface area contributed by atoms with Gasteiger partial charge in [-0.15, -0.1) is 10.2 Å². The zero-order chi connectivity index (χ0) is 25.8. The lowest BCUT2D eigenvalue weighted by atomic mass is 10.1. The summed E-state index contributed by atoms with van der Waals surface area (Å²) in [5.41, 5.74) is 4.95. The molecule has 0 aliphatic heterocycles. The van der Waals surface area contributed by atoms with Crippen molar-refractivity contribution in [2.45, 2.75) is 37.8 Å². The normalized spacial score (nSPS) is 11.9. The Hall–Kier alpha value is -2.88. The third-order valence-corrected chi connectivity index (χ3v) is 7.75. The van der Waals surface area contributed by atoms with Crippen molar-refractivity contribution in [3.05, 3.63) is 108 Å². The van der Waals surface area contributed by atoms with Gasteiger partial charge < -0.3 is 4.74 Å². The molecule has 3 aromatic carbocycles. The molecule has 1 heterocycles. The number of aryl methyl sites for hydroxylation is 3. The lowest BCUT2D eigenvalue weighted by Crippen LogP contribution is -2.11. The highest BCUT2D eigenvalue weighted by atomic mass is 79.9. The largest absolute Gasteiger partial charge is 0.487 e. The fraction of sp³-hybridized carbons (Fsp3) is 0.231. The highest BCUT2D eigenvalue weighted by Crippen LogP contribution is 2.39. The van der Waals surface area contributed by atoms with Crippen LogP contribution in [0.1, 0.15) is 33.3 Å². The van der Waals surface area contributed by atoms with E-state index in [0.29, 0.717) is 33.9 Å². The van der Waals surface area contributed by atoms with Gasteiger partial charge in [0.1, 0.15) is 23.4 Å². The van der Waals surface area contributed by atoms with Crippen LogP contribution in [0.2, 0.25) is 5.02 Å². The molecule has 7 nitrogen and oxygen atoms in total. The molecule has 0 saturated heterocycles. The SMILES string of the molecule is Cc1ccc(-n2c(C)nnc2S[C@@H](C[N+](=O)[O-])c2ccc(OCc3ccc(Br)cc3)c(Cl)c2)cc1C. The molecule has 0 unspecified atom stereocenters. The monoisotopic (exact) mass is 586 g/mol. The standard InChI is InChI=1S/C26H24BrClN4O3S/c1-16-4-10-22(12-17(16)2)32-18(3)29-30-26(32)36-25(14-31(33)34)20-7-11-24(23(28)13-20)35-15-19-5-8-21(27)9-6-19/h4-13,25H,14-15H2,1-3H3/t25-/m0/s1. The predicted octanol–water partition coefficient (Wildman–Crippen LogP) is 7.30. The highest BCUT2D eigenvalue weighted by Gasteiger charge is 2.25. The summed E-state index contributed by atoms with van der Waals surface area (Å²) in [6, 6.07) is 19.2. The first kappa shape index (κ1) is 26.2. The molecular weight excluding hydrogens is 564 g/mol. The number of rotatable bonds is 9. The van der Waals surface area contributed by atoms with Crippen molar-refractivity contribution in [2.75, 3.05) is 6.54 Å². The molecule has 0 radical (unpaired) electrons. The van der Waals surface area contributed by atoms with Crippen molar-refractivity contribution >= 4 is 39.3 Å². The lowest BCUT2D eigenvalue weighted by molar-refractivity contribution is -0.479. The number of hydrogen-bond donors (Lipinski definition) is 0. The summed E-state index contributed by atoms with van der Waals surface area (Å²) in [7, 11) is 0. The van der Waals surface area contributed by atoms with Gasteiger partial charge in [0, 0.05) is 15.1 Å². The number of aromatic nitrogens is 3. The summed E-state index contributed by atoms with van der Waals surface area (Å²) in [5.74, 6) is 1.22. The van der Waals surface area contributed by atoms with Gasteiger partial charge in [0.05, 0.1) is 5.02 Å². The summed E-state index contributed by atoms with van der Waals surface area (Å²) in [6.45, 7) is 6.03. The molecule has 186 valence electrons. The minimum Gasteiger partial charge on any atom is -0.487 e. The molecule has 0 fully saturated rings. The van der Waals surface area contributed by atoms with Crippen LogP contribution in [0, 0.1) is 30.9 Å². The molecule has 0 N–H and O–H groups in total. The number of hydrogen-bond acceptors (Lipinski definition) is 6. The topological polar surface area (TPSA) is 83.1 Å². The average molecular weight is 588 g/mol. The molecule has 0 spiro atoms. The molecule has 0 saturated carbocycles. The Bertz CT molecular complexity index is 1390. The van der Waals surface area contributed by atoms with Crippen LogP contribution in [0.4, 0.5) is 0 Å². The van der Waals surface area contributed by atoms with E-state index in [1.54, 1.807) is 12.1 Å². The summed E-state index contributed by atoms with van der Waals surface area (Å²) in [6.07, 6.45) is 0. The first-order chi connectivity index (χ1) is 17.2. The van der Waals surface area contributed by atoms with Crippen LogP contribution in [0.25, 0.3) is 5.69 Å². The molecule has 0 aliphatic carbocycles. The van der Waals surface area contributed by atoms with Crippen LogP contribution in [-0.4, -0.2) is 26.2 Å². The fourth-order valence-electron chi connectivity index (χ4n) is 3.63. The van der Waals surface area contributed by atoms with Crippen molar-refractivity contribution < 1.29 is 9.66 Å². The van der Waals surface area contributed by atoms with E-state index in [-0.39, 0.29) is 11.5 Å². The number of nitro groups is 1. The van der Waals surface area contributed by atoms with E-state index in [9.17, 15) is 10.1 Å². The van der Waals surface area contributed by atoms with Crippen LogP contribution >= 0.6 is 39.3 Å². The maximum Gasteiger partial charge on any atom is 0.220 e. The maximum atomic E-state index is 11.5. The Kier molecular flexibility index (Phi) is 8.33. The number of benzene rings is 3. The summed E-state index contributed by atoms with van der Waals surface area (Å²) >= 11 is 11.2. The van der Waals surface area contributed by atoms with Gasteiger partial charge in [0.2, 0.25) is 6.54 Å². The van der Waals surface area contributed by atoms with E-state index >= 15 is 0 Å².